The molecule has 0 aliphatic carbocycles. The third-order valence-corrected chi connectivity index (χ3v) is 3.05. The Hall–Kier alpha value is -3.30. The summed E-state index contributed by atoms with van der Waals surface area (Å²) in [6.07, 6.45) is -5.07. The Balaban J connectivity index is 1.97. The molecule has 0 bridgehead atoms. The predicted molar refractivity (Wildman–Crippen MR) is 74.4 cm³/mol. The highest BCUT2D eigenvalue weighted by Gasteiger charge is 2.39. The number of halogens is 3. The lowest BCUT2D eigenvalue weighted by atomic mass is 10.2. The molecule has 1 aliphatic heterocycles. The molecule has 124 valence electrons. The molecular weight excluding hydrogens is 333 g/mol. The van der Waals surface area contributed by atoms with E-state index in [1.165, 1.54) is 30.3 Å². The predicted octanol–water partition coefficient (Wildman–Crippen LogP) is 3.99. The van der Waals surface area contributed by atoms with Crippen LogP contribution >= 0.6 is 0 Å². The summed E-state index contributed by atoms with van der Waals surface area (Å²) in [6, 6.07) is 7.54. The van der Waals surface area contributed by atoms with Crippen LogP contribution in [0.5, 0.6) is 23.0 Å². The van der Waals surface area contributed by atoms with E-state index in [1.54, 1.807) is 5.32 Å². The zero-order valence-electron chi connectivity index (χ0n) is 11.6. The van der Waals surface area contributed by atoms with Gasteiger partial charge in [-0.3, -0.25) is 14.9 Å². The number of amides is 1. The highest BCUT2D eigenvalue weighted by molar-refractivity contribution is 5.96. The number of nitro groups is 1. The molecule has 2 aromatic carbocycles. The van der Waals surface area contributed by atoms with Crippen molar-refractivity contribution in [3.63, 3.8) is 0 Å². The van der Waals surface area contributed by atoms with Crippen molar-refractivity contribution in [3.8, 4) is 23.0 Å². The molecule has 24 heavy (non-hydrogen) atoms. The SMILES string of the molecule is O=C(Nc1cccc2c1Oc1cc([N+](=O)[O-])ccc1O2)C(F)(F)F. The van der Waals surface area contributed by atoms with Crippen LogP contribution in [-0.4, -0.2) is 17.0 Å². The smallest absolute Gasteiger partial charge is 0.449 e. The van der Waals surface area contributed by atoms with Gasteiger partial charge >= 0.3 is 12.1 Å². The second kappa shape index (κ2) is 5.41. The minimum atomic E-state index is -5.07. The van der Waals surface area contributed by atoms with Crippen molar-refractivity contribution < 1.29 is 32.4 Å². The molecule has 0 saturated carbocycles. The average Bonchev–Trinajstić information content (AvgIpc) is 2.51. The number of rotatable bonds is 2. The van der Waals surface area contributed by atoms with Gasteiger partial charge in [0, 0.05) is 6.07 Å². The second-order valence-electron chi connectivity index (χ2n) is 4.68. The summed E-state index contributed by atoms with van der Waals surface area (Å²) in [5, 5.41) is 12.5. The molecule has 1 aliphatic rings. The van der Waals surface area contributed by atoms with Crippen LogP contribution in [0.2, 0.25) is 0 Å². The highest BCUT2D eigenvalue weighted by atomic mass is 19.4. The Kier molecular flexibility index (Phi) is 3.51. The van der Waals surface area contributed by atoms with Gasteiger partial charge in [0.15, 0.2) is 23.0 Å². The van der Waals surface area contributed by atoms with E-state index in [1.807, 2.05) is 0 Å². The van der Waals surface area contributed by atoms with Gasteiger partial charge in [-0.25, -0.2) is 0 Å². The maximum Gasteiger partial charge on any atom is 0.471 e. The molecule has 0 saturated heterocycles. The first-order chi connectivity index (χ1) is 11.3. The highest BCUT2D eigenvalue weighted by Crippen LogP contribution is 2.49. The van der Waals surface area contributed by atoms with Gasteiger partial charge in [0.05, 0.1) is 16.7 Å². The fourth-order valence-corrected chi connectivity index (χ4v) is 2.00. The van der Waals surface area contributed by atoms with Gasteiger partial charge in [-0.05, 0) is 18.2 Å². The average molecular weight is 340 g/mol. The number of benzene rings is 2. The number of non-ortho nitro benzene ring substituents is 1. The van der Waals surface area contributed by atoms with E-state index in [4.69, 9.17) is 9.47 Å². The van der Waals surface area contributed by atoms with E-state index in [-0.39, 0.29) is 34.4 Å². The van der Waals surface area contributed by atoms with Crippen LogP contribution in [0, 0.1) is 10.1 Å². The number of alkyl halides is 3. The normalized spacial score (nSPS) is 12.3. The summed E-state index contributed by atoms with van der Waals surface area (Å²) >= 11 is 0. The van der Waals surface area contributed by atoms with Crippen molar-refractivity contribution >= 4 is 17.3 Å². The number of anilines is 1. The van der Waals surface area contributed by atoms with Crippen molar-refractivity contribution in [2.24, 2.45) is 0 Å². The van der Waals surface area contributed by atoms with E-state index in [9.17, 15) is 28.1 Å². The number of nitro benzene ring substituents is 1. The first-order valence-electron chi connectivity index (χ1n) is 6.41. The van der Waals surface area contributed by atoms with Crippen LogP contribution in [0.3, 0.4) is 0 Å². The number of nitrogens with zero attached hydrogens (tertiary/aromatic N) is 1. The number of ether oxygens (including phenoxy) is 2. The molecule has 3 rings (SSSR count). The van der Waals surface area contributed by atoms with Crippen molar-refractivity contribution in [2.75, 3.05) is 5.32 Å². The number of hydrogen-bond acceptors (Lipinski definition) is 5. The van der Waals surface area contributed by atoms with Gasteiger partial charge in [0.25, 0.3) is 5.69 Å². The summed E-state index contributed by atoms with van der Waals surface area (Å²) in [7, 11) is 0. The molecule has 1 amide bonds. The summed E-state index contributed by atoms with van der Waals surface area (Å²) in [5.41, 5.74) is -0.551. The molecular formula is C14H7F3N2O5. The number of fused-ring (bicyclic) bond motifs is 2. The van der Waals surface area contributed by atoms with E-state index >= 15 is 0 Å². The zero-order valence-corrected chi connectivity index (χ0v) is 11.6. The number of nitrogens with one attached hydrogen (secondary N) is 1. The molecule has 0 atom stereocenters. The van der Waals surface area contributed by atoms with Gasteiger partial charge < -0.3 is 14.8 Å². The maximum absolute atomic E-state index is 12.4. The standard InChI is InChI=1S/C14H7F3N2O5/c15-14(16,17)13(20)18-8-2-1-3-10-12(8)24-11-6-7(19(21)22)4-5-9(11)23-10/h1-6H,(H,18,20). The van der Waals surface area contributed by atoms with Crippen molar-refractivity contribution in [1.29, 1.82) is 0 Å². The maximum atomic E-state index is 12.4. The second-order valence-corrected chi connectivity index (χ2v) is 4.68. The largest absolute Gasteiger partial charge is 0.471 e. The Labute approximate surface area is 131 Å². The van der Waals surface area contributed by atoms with Crippen molar-refractivity contribution in [3.05, 3.63) is 46.5 Å². The Bertz CT molecular complexity index is 851. The third-order valence-electron chi connectivity index (χ3n) is 3.05. The quantitative estimate of drug-likeness (QED) is 0.562. The molecule has 0 fully saturated rings. The van der Waals surface area contributed by atoms with Crippen molar-refractivity contribution in [1.82, 2.24) is 0 Å². The van der Waals surface area contributed by atoms with Crippen LogP contribution < -0.4 is 14.8 Å². The van der Waals surface area contributed by atoms with Crippen LogP contribution in [-0.2, 0) is 4.79 Å². The van der Waals surface area contributed by atoms with Crippen LogP contribution in [0.4, 0.5) is 24.5 Å². The summed E-state index contributed by atoms with van der Waals surface area (Å²) in [5.74, 6) is -2.18. The molecule has 1 N–H and O–H groups in total. The topological polar surface area (TPSA) is 90.7 Å². The van der Waals surface area contributed by atoms with Crippen LogP contribution in [0.1, 0.15) is 0 Å². The summed E-state index contributed by atoms with van der Waals surface area (Å²) in [6.45, 7) is 0. The first kappa shape index (κ1) is 15.6. The van der Waals surface area contributed by atoms with Gasteiger partial charge in [-0.15, -0.1) is 0 Å². The van der Waals surface area contributed by atoms with E-state index in [2.05, 4.69) is 0 Å². The minimum absolute atomic E-state index is 0.0505. The van der Waals surface area contributed by atoms with E-state index in [0.29, 0.717) is 0 Å². The first-order valence-corrected chi connectivity index (χ1v) is 6.41. The fourth-order valence-electron chi connectivity index (χ4n) is 2.00. The number of hydrogen-bond donors (Lipinski definition) is 1. The Morgan fingerprint density at radius 1 is 1.08 bits per heavy atom. The third kappa shape index (κ3) is 2.81. The van der Waals surface area contributed by atoms with Crippen LogP contribution in [0.25, 0.3) is 0 Å². The van der Waals surface area contributed by atoms with E-state index < -0.39 is 17.0 Å². The zero-order chi connectivity index (χ0) is 17.5. The fraction of sp³-hybridized carbons (Fsp3) is 0.0714. The molecule has 0 radical (unpaired) electrons. The molecule has 2 aromatic rings. The number of para-hydroxylation sites is 1. The lowest BCUT2D eigenvalue weighted by molar-refractivity contribution is -0.384. The van der Waals surface area contributed by atoms with Crippen LogP contribution in [0.15, 0.2) is 36.4 Å². The molecule has 1 heterocycles. The number of carbonyl (C=O) groups is 1. The lowest BCUT2D eigenvalue weighted by Crippen LogP contribution is -2.30. The monoisotopic (exact) mass is 340 g/mol. The molecule has 10 heteroatoms. The minimum Gasteiger partial charge on any atom is -0.449 e. The number of carbonyl (C=O) groups excluding carboxylic acids is 1. The Morgan fingerprint density at radius 3 is 2.50 bits per heavy atom. The summed E-state index contributed by atoms with van der Waals surface area (Å²) < 4.78 is 48.0. The molecule has 0 aromatic heterocycles. The Morgan fingerprint density at radius 2 is 1.83 bits per heavy atom. The summed E-state index contributed by atoms with van der Waals surface area (Å²) in [4.78, 5) is 21.2. The van der Waals surface area contributed by atoms with Crippen molar-refractivity contribution in [2.45, 2.75) is 6.18 Å². The van der Waals surface area contributed by atoms with Gasteiger partial charge in [0.1, 0.15) is 0 Å². The van der Waals surface area contributed by atoms with E-state index in [0.717, 1.165) is 6.07 Å². The molecule has 7 nitrogen and oxygen atoms in total. The van der Waals surface area contributed by atoms with Gasteiger partial charge in [-0.1, -0.05) is 6.07 Å². The molecule has 0 unspecified atom stereocenters. The van der Waals surface area contributed by atoms with Gasteiger partial charge in [0.2, 0.25) is 0 Å². The lowest BCUT2D eigenvalue weighted by Gasteiger charge is -2.22. The molecule has 0 spiro atoms. The van der Waals surface area contributed by atoms with Gasteiger partial charge in [-0.2, -0.15) is 13.2 Å².